The van der Waals surface area contributed by atoms with Crippen molar-refractivity contribution in [2.24, 2.45) is 5.92 Å². The molecule has 2 fully saturated rings. The van der Waals surface area contributed by atoms with Gasteiger partial charge in [0, 0.05) is 12.6 Å². The van der Waals surface area contributed by atoms with Crippen LogP contribution in [0.4, 0.5) is 0 Å². The van der Waals surface area contributed by atoms with Crippen molar-refractivity contribution >= 4 is 0 Å². The number of rotatable bonds is 6. The molecule has 1 aliphatic heterocycles. The highest BCUT2D eigenvalue weighted by Crippen LogP contribution is 2.35. The van der Waals surface area contributed by atoms with Gasteiger partial charge in [-0.1, -0.05) is 19.8 Å². The van der Waals surface area contributed by atoms with Gasteiger partial charge in [-0.3, -0.25) is 10.2 Å². The first-order valence-electron chi connectivity index (χ1n) is 8.09. The summed E-state index contributed by atoms with van der Waals surface area (Å²) in [5.74, 6) is 0.900. The molecule has 1 aliphatic carbocycles. The highest BCUT2D eigenvalue weighted by atomic mass is 15.2. The molecule has 0 aromatic heterocycles. The third kappa shape index (κ3) is 3.70. The van der Waals surface area contributed by atoms with Gasteiger partial charge in [-0.15, -0.1) is 0 Å². The van der Waals surface area contributed by atoms with Crippen LogP contribution in [0, 0.1) is 17.2 Å². The molecule has 0 radical (unpaired) electrons. The molecule has 0 aromatic rings. The molecule has 1 heterocycles. The lowest BCUT2D eigenvalue weighted by atomic mass is 9.94. The smallest absolute Gasteiger partial charge is 0.116 e. The Hall–Kier alpha value is -0.590. The van der Waals surface area contributed by atoms with Gasteiger partial charge < -0.3 is 0 Å². The number of nitrogens with one attached hydrogen (secondary N) is 1. The average molecular weight is 263 g/mol. The monoisotopic (exact) mass is 263 g/mol. The van der Waals surface area contributed by atoms with Crippen LogP contribution in [0.15, 0.2) is 0 Å². The summed E-state index contributed by atoms with van der Waals surface area (Å²) >= 11 is 0. The van der Waals surface area contributed by atoms with Crippen LogP contribution in [0.5, 0.6) is 0 Å². The molecule has 1 N–H and O–H groups in total. The molecular formula is C16H29N3. The average Bonchev–Trinajstić information content (AvgIpc) is 3.06. The van der Waals surface area contributed by atoms with Crippen molar-refractivity contribution in [3.8, 4) is 6.07 Å². The minimum atomic E-state index is -0.378. The first kappa shape index (κ1) is 14.8. The van der Waals surface area contributed by atoms with Gasteiger partial charge in [0.15, 0.2) is 0 Å². The van der Waals surface area contributed by atoms with Crippen molar-refractivity contribution in [2.75, 3.05) is 19.6 Å². The zero-order valence-corrected chi connectivity index (χ0v) is 12.6. The van der Waals surface area contributed by atoms with Crippen LogP contribution in [-0.2, 0) is 0 Å². The van der Waals surface area contributed by atoms with Crippen molar-refractivity contribution in [3.05, 3.63) is 0 Å². The summed E-state index contributed by atoms with van der Waals surface area (Å²) in [6, 6.07) is 3.25. The molecule has 2 aliphatic rings. The van der Waals surface area contributed by atoms with Crippen molar-refractivity contribution in [3.63, 3.8) is 0 Å². The van der Waals surface area contributed by atoms with Crippen molar-refractivity contribution in [2.45, 2.75) is 70.4 Å². The molecule has 1 saturated heterocycles. The number of hydrogen-bond donors (Lipinski definition) is 1. The van der Waals surface area contributed by atoms with Gasteiger partial charge in [-0.25, -0.2) is 0 Å². The first-order valence-corrected chi connectivity index (χ1v) is 8.09. The van der Waals surface area contributed by atoms with E-state index in [0.29, 0.717) is 0 Å². The Balaban J connectivity index is 1.94. The molecule has 3 heteroatoms. The zero-order valence-electron chi connectivity index (χ0n) is 12.6. The summed E-state index contributed by atoms with van der Waals surface area (Å²) in [4.78, 5) is 2.60. The highest BCUT2D eigenvalue weighted by molar-refractivity contribution is 5.07. The van der Waals surface area contributed by atoms with Crippen LogP contribution < -0.4 is 5.32 Å². The molecule has 0 amide bonds. The molecule has 2 unspecified atom stereocenters. The van der Waals surface area contributed by atoms with Crippen molar-refractivity contribution in [1.82, 2.24) is 10.2 Å². The highest BCUT2D eigenvalue weighted by Gasteiger charge is 2.37. The van der Waals surface area contributed by atoms with Crippen LogP contribution in [-0.4, -0.2) is 36.1 Å². The summed E-state index contributed by atoms with van der Waals surface area (Å²) in [6.45, 7) is 7.23. The normalized spacial score (nSPS) is 28.4. The molecule has 3 nitrogen and oxygen atoms in total. The molecule has 0 aromatic carbocycles. The Morgan fingerprint density at radius 3 is 2.63 bits per heavy atom. The molecule has 1 saturated carbocycles. The Kier molecular flexibility index (Phi) is 5.24. The summed E-state index contributed by atoms with van der Waals surface area (Å²) < 4.78 is 0. The third-order valence-corrected chi connectivity index (χ3v) is 4.89. The third-order valence-electron chi connectivity index (χ3n) is 4.89. The molecule has 19 heavy (non-hydrogen) atoms. The zero-order chi connectivity index (χ0) is 13.7. The molecule has 108 valence electrons. The van der Waals surface area contributed by atoms with Gasteiger partial charge in [0.1, 0.15) is 5.54 Å². The molecule has 2 atom stereocenters. The Morgan fingerprint density at radius 2 is 2.00 bits per heavy atom. The summed E-state index contributed by atoms with van der Waals surface area (Å²) in [5.41, 5.74) is -0.378. The standard InChI is InChI=1S/C16H29N3/c1-3-10-18-16(2,12-17)13-19-11-6-9-15(19)14-7-4-5-8-14/h14-15,18H,3-11,13H2,1-2H3. The quantitative estimate of drug-likeness (QED) is 0.801. The molecule has 0 spiro atoms. The minimum Gasteiger partial charge on any atom is -0.299 e. The largest absolute Gasteiger partial charge is 0.299 e. The van der Waals surface area contributed by atoms with E-state index in [1.165, 1.54) is 45.1 Å². The predicted molar refractivity (Wildman–Crippen MR) is 78.9 cm³/mol. The second-order valence-corrected chi connectivity index (χ2v) is 6.60. The second-order valence-electron chi connectivity index (χ2n) is 6.60. The number of nitriles is 1. The Labute approximate surface area is 118 Å². The lowest BCUT2D eigenvalue weighted by Crippen LogP contribution is -2.52. The molecular weight excluding hydrogens is 234 g/mol. The van der Waals surface area contributed by atoms with E-state index < -0.39 is 0 Å². The lowest BCUT2D eigenvalue weighted by molar-refractivity contribution is 0.159. The van der Waals surface area contributed by atoms with Gasteiger partial charge in [0.2, 0.25) is 0 Å². The molecule has 0 bridgehead atoms. The van der Waals surface area contributed by atoms with Crippen molar-refractivity contribution < 1.29 is 0 Å². The van der Waals surface area contributed by atoms with Gasteiger partial charge >= 0.3 is 0 Å². The van der Waals surface area contributed by atoms with E-state index in [9.17, 15) is 5.26 Å². The van der Waals surface area contributed by atoms with Gasteiger partial charge in [0.05, 0.1) is 6.07 Å². The SMILES string of the molecule is CCCNC(C)(C#N)CN1CCCC1C1CCCC1. The van der Waals surface area contributed by atoms with E-state index in [1.807, 2.05) is 0 Å². The van der Waals surface area contributed by atoms with Crippen LogP contribution in [0.2, 0.25) is 0 Å². The second kappa shape index (κ2) is 6.72. The lowest BCUT2D eigenvalue weighted by Gasteiger charge is -2.35. The van der Waals surface area contributed by atoms with Crippen LogP contribution in [0.25, 0.3) is 0 Å². The fourth-order valence-electron chi connectivity index (χ4n) is 3.86. The number of likely N-dealkylation sites (tertiary alicyclic amines) is 1. The van der Waals surface area contributed by atoms with E-state index in [-0.39, 0.29) is 5.54 Å². The van der Waals surface area contributed by atoms with E-state index in [4.69, 9.17) is 0 Å². The summed E-state index contributed by atoms with van der Waals surface area (Å²) in [5, 5.41) is 12.9. The van der Waals surface area contributed by atoms with Gasteiger partial charge in [0.25, 0.3) is 0 Å². The number of nitrogens with zero attached hydrogens (tertiary/aromatic N) is 2. The first-order chi connectivity index (χ1) is 9.18. The van der Waals surface area contributed by atoms with Crippen LogP contribution in [0.1, 0.15) is 58.8 Å². The summed E-state index contributed by atoms with van der Waals surface area (Å²) in [7, 11) is 0. The predicted octanol–water partition coefficient (Wildman–Crippen LogP) is 2.92. The fourth-order valence-corrected chi connectivity index (χ4v) is 3.86. The Bertz CT molecular complexity index is 316. The maximum Gasteiger partial charge on any atom is 0.116 e. The topological polar surface area (TPSA) is 39.1 Å². The number of hydrogen-bond acceptors (Lipinski definition) is 3. The van der Waals surface area contributed by atoms with E-state index in [1.54, 1.807) is 0 Å². The van der Waals surface area contributed by atoms with Crippen LogP contribution in [0.3, 0.4) is 0 Å². The van der Waals surface area contributed by atoms with Crippen molar-refractivity contribution in [1.29, 1.82) is 5.26 Å². The van der Waals surface area contributed by atoms with Crippen LogP contribution >= 0.6 is 0 Å². The Morgan fingerprint density at radius 1 is 1.26 bits per heavy atom. The van der Waals surface area contributed by atoms with Gasteiger partial charge in [-0.2, -0.15) is 5.26 Å². The maximum atomic E-state index is 9.48. The van der Waals surface area contributed by atoms with Gasteiger partial charge in [-0.05, 0) is 58.0 Å². The van der Waals surface area contributed by atoms with E-state index in [0.717, 1.165) is 31.5 Å². The van der Waals surface area contributed by atoms with E-state index in [2.05, 4.69) is 30.1 Å². The summed E-state index contributed by atoms with van der Waals surface area (Å²) in [6.07, 6.45) is 9.40. The maximum absolute atomic E-state index is 9.48. The van der Waals surface area contributed by atoms with E-state index >= 15 is 0 Å². The minimum absolute atomic E-state index is 0.378. The molecule has 2 rings (SSSR count). The fraction of sp³-hybridized carbons (Fsp3) is 0.938.